The highest BCUT2D eigenvalue weighted by Crippen LogP contribution is 2.22. The van der Waals surface area contributed by atoms with Crippen LogP contribution in [-0.2, 0) is 11.3 Å². The number of nitrogens with one attached hydrogen (secondary N) is 1. The predicted molar refractivity (Wildman–Crippen MR) is 69.2 cm³/mol. The van der Waals surface area contributed by atoms with Crippen molar-refractivity contribution in [3.8, 4) is 11.8 Å². The van der Waals surface area contributed by atoms with E-state index in [0.717, 1.165) is 5.56 Å². The fourth-order valence-corrected chi connectivity index (χ4v) is 1.68. The second-order valence-electron chi connectivity index (χ2n) is 3.77. The van der Waals surface area contributed by atoms with E-state index in [-0.39, 0.29) is 5.91 Å². The van der Waals surface area contributed by atoms with Gasteiger partial charge in [0.05, 0.1) is 13.2 Å². The summed E-state index contributed by atoms with van der Waals surface area (Å²) >= 11 is 6.04. The van der Waals surface area contributed by atoms with Crippen molar-refractivity contribution in [3.63, 3.8) is 0 Å². The summed E-state index contributed by atoms with van der Waals surface area (Å²) < 4.78 is 5.03. The van der Waals surface area contributed by atoms with Crippen molar-refractivity contribution in [3.05, 3.63) is 28.8 Å². The number of hydrogen-bond donors (Lipinski definition) is 1. The summed E-state index contributed by atoms with van der Waals surface area (Å²) in [6, 6.07) is 7.20. The summed E-state index contributed by atoms with van der Waals surface area (Å²) in [7, 11) is 1.56. The Morgan fingerprint density at radius 2 is 2.33 bits per heavy atom. The second kappa shape index (κ2) is 6.87. The van der Waals surface area contributed by atoms with Crippen LogP contribution in [0, 0.1) is 17.2 Å². The van der Waals surface area contributed by atoms with Gasteiger partial charge in [-0.15, -0.1) is 0 Å². The van der Waals surface area contributed by atoms with Gasteiger partial charge in [-0.25, -0.2) is 0 Å². The first-order chi connectivity index (χ1) is 8.62. The van der Waals surface area contributed by atoms with Crippen molar-refractivity contribution in [1.82, 2.24) is 5.32 Å². The molecule has 4 nitrogen and oxygen atoms in total. The standard InChI is InChI=1S/C13H15ClN2O2/c1-3-9(7-15)13(17)16-8-10-4-5-11(18-2)6-12(10)14/h4-6,9H,3,8H2,1-2H3,(H,16,17). The van der Waals surface area contributed by atoms with E-state index in [4.69, 9.17) is 21.6 Å². The van der Waals surface area contributed by atoms with Gasteiger partial charge in [-0.05, 0) is 24.1 Å². The lowest BCUT2D eigenvalue weighted by Gasteiger charge is -2.10. The second-order valence-corrected chi connectivity index (χ2v) is 4.17. The van der Waals surface area contributed by atoms with Gasteiger partial charge >= 0.3 is 0 Å². The van der Waals surface area contributed by atoms with E-state index in [1.54, 1.807) is 32.2 Å². The number of carbonyl (C=O) groups excluding carboxylic acids is 1. The number of hydrogen-bond acceptors (Lipinski definition) is 3. The van der Waals surface area contributed by atoms with E-state index in [1.165, 1.54) is 0 Å². The Balaban J connectivity index is 2.64. The van der Waals surface area contributed by atoms with E-state index in [0.29, 0.717) is 23.7 Å². The zero-order chi connectivity index (χ0) is 13.5. The summed E-state index contributed by atoms with van der Waals surface area (Å²) in [4.78, 5) is 11.6. The van der Waals surface area contributed by atoms with Crippen molar-refractivity contribution in [1.29, 1.82) is 5.26 Å². The molecular weight excluding hydrogens is 252 g/mol. The van der Waals surface area contributed by atoms with E-state index in [9.17, 15) is 4.79 Å². The lowest BCUT2D eigenvalue weighted by Crippen LogP contribution is -2.29. The lowest BCUT2D eigenvalue weighted by molar-refractivity contribution is -0.123. The molecule has 0 radical (unpaired) electrons. The number of nitrogens with zero attached hydrogens (tertiary/aromatic N) is 1. The molecule has 1 aromatic carbocycles. The first-order valence-electron chi connectivity index (χ1n) is 5.62. The average molecular weight is 267 g/mol. The molecule has 1 N–H and O–H groups in total. The molecule has 0 aliphatic rings. The number of amides is 1. The van der Waals surface area contributed by atoms with Gasteiger partial charge in [0.1, 0.15) is 11.7 Å². The number of halogens is 1. The van der Waals surface area contributed by atoms with Gasteiger partial charge in [-0.2, -0.15) is 5.26 Å². The molecule has 0 fully saturated rings. The third-order valence-electron chi connectivity index (χ3n) is 2.59. The normalized spacial score (nSPS) is 11.4. The molecule has 1 amide bonds. The Kier molecular flexibility index (Phi) is 5.47. The van der Waals surface area contributed by atoms with Gasteiger partial charge in [0.15, 0.2) is 0 Å². The average Bonchev–Trinajstić information content (AvgIpc) is 2.38. The van der Waals surface area contributed by atoms with Gasteiger partial charge in [-0.3, -0.25) is 4.79 Å². The minimum atomic E-state index is -0.609. The predicted octanol–water partition coefficient (Wildman–Crippen LogP) is 2.51. The summed E-state index contributed by atoms with van der Waals surface area (Å²) in [6.45, 7) is 2.10. The third kappa shape index (κ3) is 3.64. The third-order valence-corrected chi connectivity index (χ3v) is 2.95. The Labute approximate surface area is 112 Å². The maximum absolute atomic E-state index is 11.6. The maximum Gasteiger partial charge on any atom is 0.237 e. The minimum Gasteiger partial charge on any atom is -0.497 e. The Bertz CT molecular complexity index is 469. The molecule has 0 heterocycles. The topological polar surface area (TPSA) is 62.1 Å². The van der Waals surface area contributed by atoms with Gasteiger partial charge in [-0.1, -0.05) is 24.6 Å². The molecule has 96 valence electrons. The SMILES string of the molecule is CCC(C#N)C(=O)NCc1ccc(OC)cc1Cl. The van der Waals surface area contributed by atoms with E-state index in [1.807, 2.05) is 6.07 Å². The Morgan fingerprint density at radius 3 is 2.83 bits per heavy atom. The van der Waals surface area contributed by atoms with Crippen molar-refractivity contribution in [2.45, 2.75) is 19.9 Å². The molecule has 1 unspecified atom stereocenters. The van der Waals surface area contributed by atoms with Crippen LogP contribution in [0.2, 0.25) is 5.02 Å². The van der Waals surface area contributed by atoms with Crippen molar-refractivity contribution in [2.75, 3.05) is 7.11 Å². The van der Waals surface area contributed by atoms with E-state index >= 15 is 0 Å². The number of benzene rings is 1. The van der Waals surface area contributed by atoms with Crippen LogP contribution in [0.25, 0.3) is 0 Å². The van der Waals surface area contributed by atoms with Crippen LogP contribution in [0.3, 0.4) is 0 Å². The molecule has 0 saturated heterocycles. The molecular formula is C13H15ClN2O2. The first kappa shape index (κ1) is 14.3. The number of methoxy groups -OCH3 is 1. The summed E-state index contributed by atoms with van der Waals surface area (Å²) in [5, 5.41) is 12.0. The van der Waals surface area contributed by atoms with Gasteiger partial charge < -0.3 is 10.1 Å². The highest BCUT2D eigenvalue weighted by molar-refractivity contribution is 6.31. The van der Waals surface area contributed by atoms with Crippen LogP contribution >= 0.6 is 11.6 Å². The summed E-state index contributed by atoms with van der Waals surface area (Å²) in [5.74, 6) is -0.215. The fraction of sp³-hybridized carbons (Fsp3) is 0.385. The summed E-state index contributed by atoms with van der Waals surface area (Å²) in [5.41, 5.74) is 0.790. The highest BCUT2D eigenvalue weighted by Gasteiger charge is 2.15. The molecule has 0 aromatic heterocycles. The number of nitriles is 1. The van der Waals surface area contributed by atoms with Crippen LogP contribution in [0.4, 0.5) is 0 Å². The zero-order valence-electron chi connectivity index (χ0n) is 10.4. The molecule has 0 aliphatic heterocycles. The van der Waals surface area contributed by atoms with Crippen LogP contribution in [0.5, 0.6) is 5.75 Å². The Morgan fingerprint density at radius 1 is 1.61 bits per heavy atom. The van der Waals surface area contributed by atoms with Crippen molar-refractivity contribution >= 4 is 17.5 Å². The largest absolute Gasteiger partial charge is 0.497 e. The number of rotatable bonds is 5. The minimum absolute atomic E-state index is 0.271. The van der Waals surface area contributed by atoms with Crippen LogP contribution in [0.15, 0.2) is 18.2 Å². The van der Waals surface area contributed by atoms with Crippen LogP contribution < -0.4 is 10.1 Å². The Hall–Kier alpha value is -1.73. The molecule has 0 saturated carbocycles. The number of carbonyl (C=O) groups is 1. The van der Waals surface area contributed by atoms with Crippen molar-refractivity contribution in [2.24, 2.45) is 5.92 Å². The smallest absolute Gasteiger partial charge is 0.237 e. The highest BCUT2D eigenvalue weighted by atomic mass is 35.5. The van der Waals surface area contributed by atoms with Gasteiger partial charge in [0.25, 0.3) is 0 Å². The van der Waals surface area contributed by atoms with Crippen molar-refractivity contribution < 1.29 is 9.53 Å². The first-order valence-corrected chi connectivity index (χ1v) is 5.99. The summed E-state index contributed by atoms with van der Waals surface area (Å²) in [6.07, 6.45) is 0.499. The van der Waals surface area contributed by atoms with Gasteiger partial charge in [0, 0.05) is 11.6 Å². The van der Waals surface area contributed by atoms with E-state index in [2.05, 4.69) is 5.32 Å². The molecule has 0 aliphatic carbocycles. The zero-order valence-corrected chi connectivity index (χ0v) is 11.1. The molecule has 1 rings (SSSR count). The molecule has 18 heavy (non-hydrogen) atoms. The molecule has 1 aromatic rings. The maximum atomic E-state index is 11.6. The molecule has 5 heteroatoms. The molecule has 0 spiro atoms. The quantitative estimate of drug-likeness (QED) is 0.891. The van der Waals surface area contributed by atoms with Crippen LogP contribution in [-0.4, -0.2) is 13.0 Å². The lowest BCUT2D eigenvalue weighted by atomic mass is 10.1. The van der Waals surface area contributed by atoms with Gasteiger partial charge in [0.2, 0.25) is 5.91 Å². The van der Waals surface area contributed by atoms with E-state index < -0.39 is 5.92 Å². The number of ether oxygens (including phenoxy) is 1. The monoisotopic (exact) mass is 266 g/mol. The van der Waals surface area contributed by atoms with Crippen LogP contribution in [0.1, 0.15) is 18.9 Å². The molecule has 1 atom stereocenters. The fourth-order valence-electron chi connectivity index (χ4n) is 1.44. The molecule has 0 bridgehead atoms.